The van der Waals surface area contributed by atoms with Gasteiger partial charge in [-0.05, 0) is 43.0 Å². The molecule has 1 rings (SSSR count). The quantitative estimate of drug-likeness (QED) is 0.669. The molecule has 0 fully saturated rings. The highest BCUT2D eigenvalue weighted by Gasteiger charge is 2.02. The Kier molecular flexibility index (Phi) is 7.51. The van der Waals surface area contributed by atoms with Crippen molar-refractivity contribution in [3.63, 3.8) is 0 Å². The summed E-state index contributed by atoms with van der Waals surface area (Å²) in [5.41, 5.74) is 1.39. The molecule has 1 unspecified atom stereocenters. The molecule has 2 heteroatoms. The molecule has 0 aliphatic heterocycles. The van der Waals surface area contributed by atoms with E-state index in [1.807, 2.05) is 0 Å². The molecule has 0 saturated heterocycles. The molecular weight excluding hydrogens is 222 g/mol. The van der Waals surface area contributed by atoms with Crippen LogP contribution in [0.25, 0.3) is 0 Å². The van der Waals surface area contributed by atoms with E-state index in [0.717, 1.165) is 25.4 Å². The van der Waals surface area contributed by atoms with E-state index >= 15 is 0 Å². The Morgan fingerprint density at radius 1 is 1.11 bits per heavy atom. The minimum Gasteiger partial charge on any atom is -0.492 e. The number of hydrogen-bond donors (Lipinski definition) is 1. The molecule has 0 aromatic heterocycles. The molecule has 102 valence electrons. The Hall–Kier alpha value is -1.02. The van der Waals surface area contributed by atoms with Crippen molar-refractivity contribution in [1.29, 1.82) is 0 Å². The number of benzene rings is 1. The molecule has 1 atom stereocenters. The minimum atomic E-state index is 0.634. The van der Waals surface area contributed by atoms with Gasteiger partial charge in [-0.15, -0.1) is 0 Å². The summed E-state index contributed by atoms with van der Waals surface area (Å²) in [6, 6.07) is 8.50. The zero-order valence-electron chi connectivity index (χ0n) is 12.0. The minimum absolute atomic E-state index is 0.634. The normalized spacial score (nSPS) is 12.4. The predicted molar refractivity (Wildman–Crippen MR) is 78.4 cm³/mol. The molecule has 0 bridgehead atoms. The van der Waals surface area contributed by atoms with Gasteiger partial charge in [0, 0.05) is 6.54 Å². The van der Waals surface area contributed by atoms with Gasteiger partial charge in [-0.1, -0.05) is 39.3 Å². The Labute approximate surface area is 112 Å². The largest absolute Gasteiger partial charge is 0.492 e. The molecule has 0 saturated carbocycles. The van der Waals surface area contributed by atoms with E-state index in [4.69, 9.17) is 4.74 Å². The predicted octanol–water partition coefficient (Wildman–Crippen LogP) is 3.97. The first-order valence-corrected chi connectivity index (χ1v) is 7.21. The first kappa shape index (κ1) is 15.0. The third kappa shape index (κ3) is 5.54. The van der Waals surface area contributed by atoms with Crippen LogP contribution in [0.2, 0.25) is 0 Å². The first-order chi connectivity index (χ1) is 8.77. The molecular formula is C16H27NO. The van der Waals surface area contributed by atoms with Crippen LogP contribution in [0.5, 0.6) is 5.75 Å². The molecule has 0 heterocycles. The van der Waals surface area contributed by atoms with Crippen molar-refractivity contribution in [2.45, 2.75) is 46.0 Å². The molecule has 1 aromatic carbocycles. The van der Waals surface area contributed by atoms with Gasteiger partial charge in [-0.3, -0.25) is 0 Å². The van der Waals surface area contributed by atoms with Crippen molar-refractivity contribution in [3.05, 3.63) is 29.8 Å². The van der Waals surface area contributed by atoms with E-state index in [2.05, 4.69) is 50.4 Å². The maximum Gasteiger partial charge on any atom is 0.119 e. The third-order valence-corrected chi connectivity index (χ3v) is 3.32. The molecule has 0 spiro atoms. The molecule has 0 radical (unpaired) electrons. The van der Waals surface area contributed by atoms with Gasteiger partial charge in [0.2, 0.25) is 0 Å². The van der Waals surface area contributed by atoms with E-state index in [-0.39, 0.29) is 0 Å². The molecule has 18 heavy (non-hydrogen) atoms. The highest BCUT2D eigenvalue weighted by molar-refractivity contribution is 5.29. The summed E-state index contributed by atoms with van der Waals surface area (Å²) in [6.45, 7) is 9.44. The second-order valence-corrected chi connectivity index (χ2v) is 4.83. The summed E-state index contributed by atoms with van der Waals surface area (Å²) in [4.78, 5) is 0. The highest BCUT2D eigenvalue weighted by Crippen LogP contribution is 2.21. The average molecular weight is 249 g/mol. The second kappa shape index (κ2) is 8.98. The SMILES string of the molecule is CCCCNCCOc1ccc(C(C)CC)cc1. The molecule has 1 aromatic rings. The summed E-state index contributed by atoms with van der Waals surface area (Å²) in [7, 11) is 0. The monoisotopic (exact) mass is 249 g/mol. The summed E-state index contributed by atoms with van der Waals surface area (Å²) in [6.07, 6.45) is 3.66. The van der Waals surface area contributed by atoms with Crippen molar-refractivity contribution in [1.82, 2.24) is 5.32 Å². The van der Waals surface area contributed by atoms with Gasteiger partial charge in [0.1, 0.15) is 12.4 Å². The van der Waals surface area contributed by atoms with Crippen LogP contribution in [0.15, 0.2) is 24.3 Å². The van der Waals surface area contributed by atoms with E-state index in [9.17, 15) is 0 Å². The van der Waals surface area contributed by atoms with Gasteiger partial charge in [0.05, 0.1) is 0 Å². The van der Waals surface area contributed by atoms with Crippen LogP contribution in [-0.2, 0) is 0 Å². The molecule has 0 aliphatic rings. The lowest BCUT2D eigenvalue weighted by atomic mass is 9.99. The summed E-state index contributed by atoms with van der Waals surface area (Å²) in [5, 5.41) is 3.37. The maximum absolute atomic E-state index is 5.69. The smallest absolute Gasteiger partial charge is 0.119 e. The second-order valence-electron chi connectivity index (χ2n) is 4.83. The highest BCUT2D eigenvalue weighted by atomic mass is 16.5. The number of hydrogen-bond acceptors (Lipinski definition) is 2. The fourth-order valence-corrected chi connectivity index (χ4v) is 1.80. The first-order valence-electron chi connectivity index (χ1n) is 7.21. The van der Waals surface area contributed by atoms with Gasteiger partial charge in [-0.25, -0.2) is 0 Å². The lowest BCUT2D eigenvalue weighted by Gasteiger charge is -2.11. The van der Waals surface area contributed by atoms with Crippen LogP contribution in [0.4, 0.5) is 0 Å². The van der Waals surface area contributed by atoms with Gasteiger partial charge in [0.25, 0.3) is 0 Å². The Morgan fingerprint density at radius 3 is 2.44 bits per heavy atom. The van der Waals surface area contributed by atoms with Crippen molar-refractivity contribution in [2.75, 3.05) is 19.7 Å². The standard InChI is InChI=1S/C16H27NO/c1-4-6-11-17-12-13-18-16-9-7-15(8-10-16)14(3)5-2/h7-10,14,17H,4-6,11-13H2,1-3H3. The van der Waals surface area contributed by atoms with E-state index < -0.39 is 0 Å². The molecule has 1 N–H and O–H groups in total. The van der Waals surface area contributed by atoms with Crippen LogP contribution in [0.3, 0.4) is 0 Å². The van der Waals surface area contributed by atoms with Gasteiger partial charge in [-0.2, -0.15) is 0 Å². The Bertz CT molecular complexity index is 307. The third-order valence-electron chi connectivity index (χ3n) is 3.32. The average Bonchev–Trinajstić information content (AvgIpc) is 2.42. The fourth-order valence-electron chi connectivity index (χ4n) is 1.80. The molecule has 0 aliphatic carbocycles. The van der Waals surface area contributed by atoms with E-state index in [1.54, 1.807) is 0 Å². The topological polar surface area (TPSA) is 21.3 Å². The van der Waals surface area contributed by atoms with E-state index in [0.29, 0.717) is 5.92 Å². The van der Waals surface area contributed by atoms with Crippen molar-refractivity contribution >= 4 is 0 Å². The lowest BCUT2D eigenvalue weighted by Crippen LogP contribution is -2.21. The Morgan fingerprint density at radius 2 is 1.83 bits per heavy atom. The van der Waals surface area contributed by atoms with Crippen molar-refractivity contribution in [3.8, 4) is 5.75 Å². The number of nitrogens with one attached hydrogen (secondary N) is 1. The van der Waals surface area contributed by atoms with Crippen LogP contribution < -0.4 is 10.1 Å². The van der Waals surface area contributed by atoms with Crippen LogP contribution in [0, 0.1) is 0 Å². The number of unbranched alkanes of at least 4 members (excludes halogenated alkanes) is 1. The summed E-state index contributed by atoms with van der Waals surface area (Å²) < 4.78 is 5.69. The number of rotatable bonds is 9. The lowest BCUT2D eigenvalue weighted by molar-refractivity contribution is 0.313. The van der Waals surface area contributed by atoms with Gasteiger partial charge < -0.3 is 10.1 Å². The van der Waals surface area contributed by atoms with E-state index in [1.165, 1.54) is 24.8 Å². The van der Waals surface area contributed by atoms with Crippen molar-refractivity contribution < 1.29 is 4.74 Å². The number of ether oxygens (including phenoxy) is 1. The molecule has 0 amide bonds. The summed E-state index contributed by atoms with van der Waals surface area (Å²) >= 11 is 0. The fraction of sp³-hybridized carbons (Fsp3) is 0.625. The summed E-state index contributed by atoms with van der Waals surface area (Å²) in [5.74, 6) is 1.61. The zero-order chi connectivity index (χ0) is 13.2. The van der Waals surface area contributed by atoms with Gasteiger partial charge >= 0.3 is 0 Å². The molecule has 2 nitrogen and oxygen atoms in total. The zero-order valence-corrected chi connectivity index (χ0v) is 12.0. The van der Waals surface area contributed by atoms with Gasteiger partial charge in [0.15, 0.2) is 0 Å². The van der Waals surface area contributed by atoms with Crippen LogP contribution >= 0.6 is 0 Å². The van der Waals surface area contributed by atoms with Crippen LogP contribution in [-0.4, -0.2) is 19.7 Å². The van der Waals surface area contributed by atoms with Crippen molar-refractivity contribution in [2.24, 2.45) is 0 Å². The Balaban J connectivity index is 2.22. The van der Waals surface area contributed by atoms with Crippen LogP contribution in [0.1, 0.15) is 51.5 Å². The maximum atomic E-state index is 5.69.